The minimum absolute atomic E-state index is 0.00274. The molecule has 3 N–H and O–H groups in total. The number of nitrogens with one attached hydrogen (secondary N) is 1. The van der Waals surface area contributed by atoms with Gasteiger partial charge in [-0.25, -0.2) is 13.1 Å². The molecule has 0 saturated carbocycles. The molecule has 0 atom stereocenters. The van der Waals surface area contributed by atoms with E-state index in [0.717, 1.165) is 0 Å². The summed E-state index contributed by atoms with van der Waals surface area (Å²) in [6, 6.07) is 0. The molecule has 1 aromatic heterocycles. The van der Waals surface area contributed by atoms with Crippen molar-refractivity contribution in [3.8, 4) is 0 Å². The molecule has 0 radical (unpaired) electrons. The zero-order chi connectivity index (χ0) is 16.3. The average molecular weight is 328 g/mol. The van der Waals surface area contributed by atoms with Crippen LogP contribution in [0.4, 0.5) is 13.2 Å². The van der Waals surface area contributed by atoms with Crippen molar-refractivity contribution in [2.45, 2.75) is 44.3 Å². The Balaban J connectivity index is 2.79. The predicted molar refractivity (Wildman–Crippen MR) is 71.2 cm³/mol. The Hall–Kier alpha value is -1.13. The number of halogens is 3. The summed E-state index contributed by atoms with van der Waals surface area (Å²) in [7, 11) is -3.88. The van der Waals surface area contributed by atoms with Gasteiger partial charge in [0.2, 0.25) is 10.0 Å². The van der Waals surface area contributed by atoms with Crippen LogP contribution in [0, 0.1) is 13.8 Å². The highest BCUT2D eigenvalue weighted by Crippen LogP contribution is 2.22. The third-order valence-corrected chi connectivity index (χ3v) is 4.57. The molecule has 0 saturated heterocycles. The molecule has 0 aromatic carbocycles. The Labute approximate surface area is 121 Å². The molecular formula is C11H19F3N4O2S. The predicted octanol–water partition coefficient (Wildman–Crippen LogP) is 1.08. The summed E-state index contributed by atoms with van der Waals surface area (Å²) in [6.07, 6.45) is -5.62. The molecule has 0 aliphatic carbocycles. The topological polar surface area (TPSA) is 90.0 Å². The van der Waals surface area contributed by atoms with Crippen LogP contribution in [0.1, 0.15) is 24.2 Å². The summed E-state index contributed by atoms with van der Waals surface area (Å²) in [6.45, 7) is 3.52. The van der Waals surface area contributed by atoms with Crippen LogP contribution in [0.5, 0.6) is 0 Å². The van der Waals surface area contributed by atoms with Crippen LogP contribution < -0.4 is 10.5 Å². The summed E-state index contributed by atoms with van der Waals surface area (Å²) in [5.41, 5.74) is 6.12. The van der Waals surface area contributed by atoms with Gasteiger partial charge in [0.25, 0.3) is 0 Å². The molecule has 122 valence electrons. The molecular weight excluding hydrogens is 309 g/mol. The third-order valence-electron chi connectivity index (χ3n) is 2.85. The lowest BCUT2D eigenvalue weighted by Gasteiger charge is -2.09. The zero-order valence-corrected chi connectivity index (χ0v) is 12.7. The van der Waals surface area contributed by atoms with Gasteiger partial charge in [0.05, 0.1) is 17.9 Å². The van der Waals surface area contributed by atoms with Crippen molar-refractivity contribution in [1.29, 1.82) is 0 Å². The molecule has 0 unspecified atom stereocenters. The second-order valence-corrected chi connectivity index (χ2v) is 6.33. The monoisotopic (exact) mass is 328 g/mol. The summed E-state index contributed by atoms with van der Waals surface area (Å²) in [4.78, 5) is 0.00274. The van der Waals surface area contributed by atoms with E-state index in [0.29, 0.717) is 24.5 Å². The minimum Gasteiger partial charge on any atom is -0.329 e. The number of aryl methyl sites for hydroxylation is 1. The molecule has 1 rings (SSSR count). The van der Waals surface area contributed by atoms with Crippen LogP contribution in [-0.2, 0) is 16.6 Å². The number of hydrogen-bond acceptors (Lipinski definition) is 4. The lowest BCUT2D eigenvalue weighted by molar-refractivity contribution is -0.135. The molecule has 1 aromatic rings. The third kappa shape index (κ3) is 4.97. The number of aromatic nitrogens is 2. The first-order valence-electron chi connectivity index (χ1n) is 6.39. The van der Waals surface area contributed by atoms with Crippen molar-refractivity contribution < 1.29 is 21.6 Å². The number of hydrogen-bond donors (Lipinski definition) is 2. The number of rotatable bonds is 7. The van der Waals surface area contributed by atoms with Gasteiger partial charge in [-0.3, -0.25) is 4.68 Å². The van der Waals surface area contributed by atoms with E-state index in [9.17, 15) is 21.6 Å². The maximum absolute atomic E-state index is 12.1. The molecule has 21 heavy (non-hydrogen) atoms. The SMILES string of the molecule is Cc1nn(CCN)c(C)c1S(=O)(=O)NCCCC(F)(F)F. The van der Waals surface area contributed by atoms with Crippen molar-refractivity contribution in [2.75, 3.05) is 13.1 Å². The first kappa shape index (κ1) is 17.9. The molecule has 6 nitrogen and oxygen atoms in total. The van der Waals surface area contributed by atoms with E-state index in [1.54, 1.807) is 6.92 Å². The van der Waals surface area contributed by atoms with Crippen molar-refractivity contribution in [3.63, 3.8) is 0 Å². The van der Waals surface area contributed by atoms with Gasteiger partial charge in [0.1, 0.15) is 4.90 Å². The van der Waals surface area contributed by atoms with Gasteiger partial charge in [-0.2, -0.15) is 18.3 Å². The Morgan fingerprint density at radius 3 is 2.48 bits per heavy atom. The summed E-state index contributed by atoms with van der Waals surface area (Å²) in [5.74, 6) is 0. The molecule has 0 amide bonds. The Kier molecular flexibility index (Phi) is 5.76. The molecule has 10 heteroatoms. The lowest BCUT2D eigenvalue weighted by Crippen LogP contribution is -2.27. The van der Waals surface area contributed by atoms with Crippen LogP contribution in [0.3, 0.4) is 0 Å². The first-order valence-corrected chi connectivity index (χ1v) is 7.87. The molecule has 1 heterocycles. The summed E-state index contributed by atoms with van der Waals surface area (Å²) >= 11 is 0. The minimum atomic E-state index is -4.29. The fourth-order valence-electron chi connectivity index (χ4n) is 1.98. The van der Waals surface area contributed by atoms with Crippen molar-refractivity contribution in [3.05, 3.63) is 11.4 Å². The van der Waals surface area contributed by atoms with Gasteiger partial charge in [-0.1, -0.05) is 0 Å². The second kappa shape index (κ2) is 6.75. The summed E-state index contributed by atoms with van der Waals surface area (Å²) < 4.78 is 64.0. The van der Waals surface area contributed by atoms with E-state index in [-0.39, 0.29) is 17.9 Å². The lowest BCUT2D eigenvalue weighted by atomic mass is 10.3. The van der Waals surface area contributed by atoms with Crippen molar-refractivity contribution in [2.24, 2.45) is 5.73 Å². The van der Waals surface area contributed by atoms with Gasteiger partial charge < -0.3 is 5.73 Å². The smallest absolute Gasteiger partial charge is 0.329 e. The standard InChI is InChI=1S/C11H19F3N4O2S/c1-8-10(9(2)18(17-8)7-5-15)21(19,20)16-6-3-4-11(12,13)14/h16H,3-7,15H2,1-2H3. The first-order chi connectivity index (χ1) is 9.58. The Bertz CT molecular complexity index is 581. The Morgan fingerprint density at radius 2 is 1.95 bits per heavy atom. The number of sulfonamides is 1. The van der Waals surface area contributed by atoms with E-state index in [1.165, 1.54) is 11.6 Å². The van der Waals surface area contributed by atoms with E-state index >= 15 is 0 Å². The molecule has 0 spiro atoms. The second-order valence-electron chi connectivity index (χ2n) is 4.63. The van der Waals surface area contributed by atoms with Crippen molar-refractivity contribution >= 4 is 10.0 Å². The quantitative estimate of drug-likeness (QED) is 0.733. The van der Waals surface area contributed by atoms with Crippen LogP contribution in [0.25, 0.3) is 0 Å². The van der Waals surface area contributed by atoms with E-state index in [2.05, 4.69) is 9.82 Å². The molecule has 0 bridgehead atoms. The van der Waals surface area contributed by atoms with Crippen LogP contribution >= 0.6 is 0 Å². The number of nitrogens with two attached hydrogens (primary N) is 1. The maximum Gasteiger partial charge on any atom is 0.389 e. The van der Waals surface area contributed by atoms with Crippen LogP contribution in [0.2, 0.25) is 0 Å². The number of alkyl halides is 3. The van der Waals surface area contributed by atoms with Gasteiger partial charge in [-0.15, -0.1) is 0 Å². The van der Waals surface area contributed by atoms with E-state index in [4.69, 9.17) is 5.73 Å². The van der Waals surface area contributed by atoms with Gasteiger partial charge in [-0.05, 0) is 20.3 Å². The van der Waals surface area contributed by atoms with Gasteiger partial charge in [0.15, 0.2) is 0 Å². The normalized spacial score (nSPS) is 12.9. The molecule has 0 aliphatic rings. The highest BCUT2D eigenvalue weighted by Gasteiger charge is 2.27. The average Bonchev–Trinajstić information content (AvgIpc) is 2.60. The summed E-state index contributed by atoms with van der Waals surface area (Å²) in [5, 5.41) is 4.07. The molecule has 0 aliphatic heterocycles. The van der Waals surface area contributed by atoms with Gasteiger partial charge >= 0.3 is 6.18 Å². The van der Waals surface area contributed by atoms with Crippen molar-refractivity contribution in [1.82, 2.24) is 14.5 Å². The van der Waals surface area contributed by atoms with Crippen LogP contribution in [0.15, 0.2) is 4.90 Å². The Morgan fingerprint density at radius 1 is 1.33 bits per heavy atom. The highest BCUT2D eigenvalue weighted by molar-refractivity contribution is 7.89. The van der Waals surface area contributed by atoms with Crippen LogP contribution in [-0.4, -0.2) is 37.5 Å². The maximum atomic E-state index is 12.1. The zero-order valence-electron chi connectivity index (χ0n) is 11.9. The van der Waals surface area contributed by atoms with Gasteiger partial charge in [0, 0.05) is 19.5 Å². The molecule has 0 fully saturated rings. The fraction of sp³-hybridized carbons (Fsp3) is 0.727. The highest BCUT2D eigenvalue weighted by atomic mass is 32.2. The fourth-order valence-corrected chi connectivity index (χ4v) is 3.46. The van der Waals surface area contributed by atoms with E-state index < -0.39 is 22.6 Å². The largest absolute Gasteiger partial charge is 0.389 e. The number of nitrogens with zero attached hydrogens (tertiary/aromatic N) is 2. The van der Waals surface area contributed by atoms with E-state index in [1.807, 2.05) is 0 Å².